The predicted octanol–water partition coefficient (Wildman–Crippen LogP) is 2.39. The summed E-state index contributed by atoms with van der Waals surface area (Å²) >= 11 is 5.77. The van der Waals surface area contributed by atoms with Crippen LogP contribution in [0.2, 0.25) is 0 Å². The lowest BCUT2D eigenvalue weighted by Crippen LogP contribution is -2.07. The van der Waals surface area contributed by atoms with E-state index in [2.05, 4.69) is 15.1 Å². The summed E-state index contributed by atoms with van der Waals surface area (Å²) in [6.45, 7) is 0.378. The summed E-state index contributed by atoms with van der Waals surface area (Å²) in [6, 6.07) is 4.48. The fourth-order valence-corrected chi connectivity index (χ4v) is 2.17. The Hall–Kier alpha value is -1.95. The van der Waals surface area contributed by atoms with Crippen LogP contribution in [0.3, 0.4) is 0 Å². The van der Waals surface area contributed by atoms with E-state index in [-0.39, 0.29) is 5.82 Å². The van der Waals surface area contributed by atoms with Crippen molar-refractivity contribution < 1.29 is 8.91 Å². The summed E-state index contributed by atoms with van der Waals surface area (Å²) in [7, 11) is 0. The zero-order valence-corrected chi connectivity index (χ0v) is 10.6. The van der Waals surface area contributed by atoms with Gasteiger partial charge in [-0.2, -0.15) is 4.98 Å². The van der Waals surface area contributed by atoms with E-state index in [4.69, 9.17) is 16.1 Å². The maximum Gasteiger partial charge on any atom is 0.213 e. The third-order valence-electron chi connectivity index (χ3n) is 2.81. The van der Waals surface area contributed by atoms with E-state index in [0.29, 0.717) is 30.2 Å². The second kappa shape index (κ2) is 4.97. The van der Waals surface area contributed by atoms with Gasteiger partial charge in [-0.05, 0) is 18.2 Å². The number of rotatable bonds is 4. The number of aryl methyl sites for hydroxylation is 1. The Morgan fingerprint density at radius 3 is 3.00 bits per heavy atom. The minimum Gasteiger partial charge on any atom is -0.343 e. The lowest BCUT2D eigenvalue weighted by atomic mass is 10.3. The number of imidazole rings is 1. The molecule has 0 aliphatic rings. The van der Waals surface area contributed by atoms with Crippen LogP contribution in [0.15, 0.2) is 29.1 Å². The maximum atomic E-state index is 13.4. The average Bonchev–Trinajstić information content (AvgIpc) is 3.00. The van der Waals surface area contributed by atoms with Crippen molar-refractivity contribution in [1.29, 1.82) is 0 Å². The first-order valence-electron chi connectivity index (χ1n) is 5.74. The highest BCUT2D eigenvalue weighted by molar-refractivity contribution is 6.17. The number of benzene rings is 1. The van der Waals surface area contributed by atoms with E-state index >= 15 is 0 Å². The van der Waals surface area contributed by atoms with Gasteiger partial charge in [-0.3, -0.25) is 0 Å². The minimum atomic E-state index is -0.306. The molecule has 0 atom stereocenters. The number of fused-ring (bicyclic) bond motifs is 1. The van der Waals surface area contributed by atoms with Crippen LogP contribution in [0.25, 0.3) is 11.0 Å². The van der Waals surface area contributed by atoms with Gasteiger partial charge in [0, 0.05) is 12.3 Å². The molecule has 2 aromatic heterocycles. The molecule has 0 unspecified atom stereocenters. The van der Waals surface area contributed by atoms with Gasteiger partial charge in [-0.25, -0.2) is 9.37 Å². The summed E-state index contributed by atoms with van der Waals surface area (Å²) in [5, 5.41) is 3.76. The smallest absolute Gasteiger partial charge is 0.213 e. The summed E-state index contributed by atoms with van der Waals surface area (Å²) in [5.41, 5.74) is 1.43. The van der Waals surface area contributed by atoms with Gasteiger partial charge in [0.05, 0.1) is 17.6 Å². The Morgan fingerprint density at radius 1 is 1.37 bits per heavy atom. The van der Waals surface area contributed by atoms with Crippen molar-refractivity contribution in [2.45, 2.75) is 13.0 Å². The van der Waals surface area contributed by atoms with Gasteiger partial charge >= 0.3 is 0 Å². The zero-order chi connectivity index (χ0) is 13.2. The Bertz CT molecular complexity index is 695. The molecule has 19 heavy (non-hydrogen) atoms. The zero-order valence-electron chi connectivity index (χ0n) is 9.88. The number of nitrogens with zero attached hydrogens (tertiary/aromatic N) is 4. The maximum absolute atomic E-state index is 13.4. The van der Waals surface area contributed by atoms with Gasteiger partial charge in [0.25, 0.3) is 0 Å². The van der Waals surface area contributed by atoms with Gasteiger partial charge in [0.2, 0.25) is 6.39 Å². The van der Waals surface area contributed by atoms with Crippen LogP contribution >= 0.6 is 11.6 Å². The van der Waals surface area contributed by atoms with Gasteiger partial charge in [-0.1, -0.05) is 5.16 Å². The number of halogens is 2. The Labute approximate surface area is 113 Å². The van der Waals surface area contributed by atoms with E-state index in [1.54, 1.807) is 6.07 Å². The van der Waals surface area contributed by atoms with Crippen molar-refractivity contribution in [3.8, 4) is 0 Å². The first-order valence-corrected chi connectivity index (χ1v) is 6.27. The van der Waals surface area contributed by atoms with Crippen molar-refractivity contribution in [2.24, 2.45) is 0 Å². The van der Waals surface area contributed by atoms with E-state index in [1.807, 2.05) is 4.57 Å². The standard InChI is InChI=1S/C12H10ClFN4O/c13-4-3-12-16-9-2-1-8(14)5-10(9)18(12)6-11-15-7-19-17-11/h1-2,5,7H,3-4,6H2. The number of aromatic nitrogens is 4. The normalized spacial score (nSPS) is 11.3. The SMILES string of the molecule is Fc1ccc2nc(CCCl)n(Cc3ncon3)c2c1. The second-order valence-corrected chi connectivity index (χ2v) is 4.41. The molecule has 0 aliphatic carbocycles. The molecule has 0 radical (unpaired) electrons. The molecule has 98 valence electrons. The predicted molar refractivity (Wildman–Crippen MR) is 67.5 cm³/mol. The first kappa shape index (κ1) is 12.1. The molecular weight excluding hydrogens is 271 g/mol. The van der Waals surface area contributed by atoms with Gasteiger partial charge in [0.15, 0.2) is 5.82 Å². The summed E-state index contributed by atoms with van der Waals surface area (Å²) in [4.78, 5) is 8.42. The highest BCUT2D eigenvalue weighted by Gasteiger charge is 2.13. The van der Waals surface area contributed by atoms with E-state index < -0.39 is 0 Å². The van der Waals surface area contributed by atoms with Crippen LogP contribution in [-0.2, 0) is 13.0 Å². The number of hydrogen-bond acceptors (Lipinski definition) is 4. The van der Waals surface area contributed by atoms with E-state index in [1.165, 1.54) is 18.5 Å². The monoisotopic (exact) mass is 280 g/mol. The van der Waals surface area contributed by atoms with Crippen LogP contribution in [-0.4, -0.2) is 25.6 Å². The van der Waals surface area contributed by atoms with Crippen molar-refractivity contribution in [3.63, 3.8) is 0 Å². The Morgan fingerprint density at radius 2 is 2.26 bits per heavy atom. The largest absolute Gasteiger partial charge is 0.343 e. The fraction of sp³-hybridized carbons (Fsp3) is 0.250. The van der Waals surface area contributed by atoms with Crippen molar-refractivity contribution in [2.75, 3.05) is 5.88 Å². The van der Waals surface area contributed by atoms with Crippen molar-refractivity contribution in [3.05, 3.63) is 42.1 Å². The topological polar surface area (TPSA) is 56.7 Å². The molecule has 0 fully saturated rings. The van der Waals surface area contributed by atoms with Gasteiger partial charge < -0.3 is 9.09 Å². The molecule has 3 rings (SSSR count). The lowest BCUT2D eigenvalue weighted by Gasteiger charge is -2.05. The third-order valence-corrected chi connectivity index (χ3v) is 3.00. The molecule has 5 nitrogen and oxygen atoms in total. The minimum absolute atomic E-state index is 0.306. The van der Waals surface area contributed by atoms with Crippen LogP contribution < -0.4 is 0 Å². The molecule has 2 heterocycles. The summed E-state index contributed by atoms with van der Waals surface area (Å²) in [5.74, 6) is 1.43. The summed E-state index contributed by atoms with van der Waals surface area (Å²) < 4.78 is 19.9. The van der Waals surface area contributed by atoms with Crippen LogP contribution in [0.4, 0.5) is 4.39 Å². The van der Waals surface area contributed by atoms with Gasteiger partial charge in [0.1, 0.15) is 11.6 Å². The highest BCUT2D eigenvalue weighted by Crippen LogP contribution is 2.19. The van der Waals surface area contributed by atoms with Crippen LogP contribution in [0, 0.1) is 5.82 Å². The van der Waals surface area contributed by atoms with Crippen molar-refractivity contribution >= 4 is 22.6 Å². The van der Waals surface area contributed by atoms with Crippen LogP contribution in [0.5, 0.6) is 0 Å². The fourth-order valence-electron chi connectivity index (χ4n) is 2.00. The molecule has 0 bridgehead atoms. The van der Waals surface area contributed by atoms with Crippen LogP contribution in [0.1, 0.15) is 11.6 Å². The van der Waals surface area contributed by atoms with Gasteiger partial charge in [-0.15, -0.1) is 11.6 Å². The molecule has 1 aromatic carbocycles. The molecule has 0 saturated carbocycles. The lowest BCUT2D eigenvalue weighted by molar-refractivity contribution is 0.408. The summed E-state index contributed by atoms with van der Waals surface area (Å²) in [6.07, 6.45) is 1.85. The quantitative estimate of drug-likeness (QED) is 0.689. The average molecular weight is 281 g/mol. The second-order valence-electron chi connectivity index (χ2n) is 4.03. The Balaban J connectivity index is 2.12. The number of alkyl halides is 1. The Kier molecular flexibility index (Phi) is 3.16. The van der Waals surface area contributed by atoms with E-state index in [9.17, 15) is 4.39 Å². The molecule has 3 aromatic rings. The molecule has 0 spiro atoms. The highest BCUT2D eigenvalue weighted by atomic mass is 35.5. The third kappa shape index (κ3) is 2.31. The molecule has 0 aliphatic heterocycles. The molecule has 7 heteroatoms. The number of hydrogen-bond donors (Lipinski definition) is 0. The van der Waals surface area contributed by atoms with Crippen molar-refractivity contribution in [1.82, 2.24) is 19.7 Å². The molecular formula is C12H10ClFN4O. The van der Waals surface area contributed by atoms with E-state index in [0.717, 1.165) is 11.3 Å². The molecule has 0 N–H and O–H groups in total. The molecule has 0 saturated heterocycles. The first-order chi connectivity index (χ1) is 9.28. The molecule has 0 amide bonds.